The van der Waals surface area contributed by atoms with Gasteiger partial charge in [0.15, 0.2) is 11.1 Å². The van der Waals surface area contributed by atoms with Gasteiger partial charge in [0.1, 0.15) is 0 Å². The van der Waals surface area contributed by atoms with E-state index in [1.54, 1.807) is 58.1 Å². The number of nitrogens with one attached hydrogen (secondary N) is 1. The lowest BCUT2D eigenvalue weighted by molar-refractivity contribution is -0.154. The molecule has 6 rings (SSSR count). The van der Waals surface area contributed by atoms with E-state index in [1.165, 1.54) is 0 Å². The molecule has 11 nitrogen and oxygen atoms in total. The minimum Gasteiger partial charge on any atom is -0.480 e. The van der Waals surface area contributed by atoms with E-state index in [-0.39, 0.29) is 48.8 Å². The van der Waals surface area contributed by atoms with Crippen molar-refractivity contribution in [1.29, 1.82) is 0 Å². The standard InChI is InChI=1S/C47H53N5O6/c1-4-6-24-50(25-7-5-2)44(55)41-26-33(3)52(49-41)42-23-22-38(28-40(42)43(54)51-31-37-21-15-14-20-36(37)27-39(51)32-53)48-45(56)47(46(57)58,29-34-16-10-8-11-17-34)30-35-18-12-9-13-19-35/h8-23,26,28,39,53H,4-7,24-25,27,29-32H2,1-3H3,(H,48,56)(H,57,58)/t39-/m0/s1. The molecule has 1 aliphatic heterocycles. The molecule has 0 spiro atoms. The molecule has 3 amide bonds. The number of carbonyl (C=O) groups is 4. The summed E-state index contributed by atoms with van der Waals surface area (Å²) in [6, 6.07) is 31.9. The second-order valence-electron chi connectivity index (χ2n) is 15.2. The van der Waals surface area contributed by atoms with Crippen LogP contribution in [-0.4, -0.2) is 79.2 Å². The molecule has 2 heterocycles. The van der Waals surface area contributed by atoms with Crippen molar-refractivity contribution in [2.75, 3.05) is 25.0 Å². The van der Waals surface area contributed by atoms with Crippen molar-refractivity contribution in [3.8, 4) is 5.69 Å². The zero-order chi connectivity index (χ0) is 41.2. The maximum Gasteiger partial charge on any atom is 0.319 e. The number of unbranched alkanes of at least 4 members (excludes halogenated alkanes) is 2. The Hall–Kier alpha value is -6.07. The largest absolute Gasteiger partial charge is 0.480 e. The van der Waals surface area contributed by atoms with E-state index in [1.807, 2.05) is 72.5 Å². The third-order valence-electron chi connectivity index (χ3n) is 11.0. The number of carboxylic acids is 1. The molecular formula is C47H53N5O6. The fourth-order valence-electron chi connectivity index (χ4n) is 7.72. The van der Waals surface area contributed by atoms with Gasteiger partial charge in [0.25, 0.3) is 11.8 Å². The summed E-state index contributed by atoms with van der Waals surface area (Å²) in [5.41, 5.74) is 3.12. The monoisotopic (exact) mass is 783 g/mol. The topological polar surface area (TPSA) is 145 Å². The summed E-state index contributed by atoms with van der Waals surface area (Å²) in [7, 11) is 0. The highest BCUT2D eigenvalue weighted by Crippen LogP contribution is 2.33. The fourth-order valence-corrected chi connectivity index (χ4v) is 7.72. The number of aliphatic carboxylic acids is 1. The van der Waals surface area contributed by atoms with Gasteiger partial charge < -0.3 is 25.3 Å². The number of carboxylic acid groups (broad SMARTS) is 1. The summed E-state index contributed by atoms with van der Waals surface area (Å²) in [4.78, 5) is 60.1. The molecule has 0 saturated heterocycles. The third kappa shape index (κ3) is 9.21. The molecule has 4 aromatic carbocycles. The average Bonchev–Trinajstić information content (AvgIpc) is 3.63. The van der Waals surface area contributed by atoms with Gasteiger partial charge in [-0.1, -0.05) is 112 Å². The van der Waals surface area contributed by atoms with E-state index in [0.29, 0.717) is 42.0 Å². The van der Waals surface area contributed by atoms with Gasteiger partial charge in [-0.15, -0.1) is 0 Å². The molecule has 3 N–H and O–H groups in total. The summed E-state index contributed by atoms with van der Waals surface area (Å²) in [5.74, 6) is -2.61. The molecule has 1 aromatic heterocycles. The van der Waals surface area contributed by atoms with Crippen molar-refractivity contribution in [1.82, 2.24) is 19.6 Å². The lowest BCUT2D eigenvalue weighted by Crippen LogP contribution is -2.47. The molecule has 0 radical (unpaired) electrons. The average molecular weight is 784 g/mol. The van der Waals surface area contributed by atoms with Gasteiger partial charge in [0.2, 0.25) is 5.91 Å². The first kappa shape index (κ1) is 41.6. The van der Waals surface area contributed by atoms with Crippen LogP contribution in [0.4, 0.5) is 5.69 Å². The number of aliphatic hydroxyl groups excluding tert-OH is 1. The first-order valence-electron chi connectivity index (χ1n) is 20.2. The second kappa shape index (κ2) is 18.9. The Morgan fingerprint density at radius 1 is 0.810 bits per heavy atom. The number of hydrogen-bond acceptors (Lipinski definition) is 6. The lowest BCUT2D eigenvalue weighted by atomic mass is 9.75. The zero-order valence-corrected chi connectivity index (χ0v) is 33.6. The number of aryl methyl sites for hydroxylation is 1. The summed E-state index contributed by atoms with van der Waals surface area (Å²) in [5, 5.41) is 29.1. The maximum absolute atomic E-state index is 14.9. The van der Waals surface area contributed by atoms with Gasteiger partial charge in [-0.2, -0.15) is 5.10 Å². The number of fused-ring (bicyclic) bond motifs is 1. The van der Waals surface area contributed by atoms with E-state index in [4.69, 9.17) is 5.10 Å². The number of nitrogens with zero attached hydrogens (tertiary/aromatic N) is 4. The molecule has 0 saturated carbocycles. The Morgan fingerprint density at radius 3 is 1.97 bits per heavy atom. The van der Waals surface area contributed by atoms with Crippen molar-refractivity contribution in [2.45, 2.75) is 78.3 Å². The Bertz CT molecular complexity index is 2170. The van der Waals surface area contributed by atoms with Crippen molar-refractivity contribution >= 4 is 29.4 Å². The molecule has 1 aliphatic rings. The lowest BCUT2D eigenvalue weighted by Gasteiger charge is -2.36. The Labute approximate surface area is 340 Å². The summed E-state index contributed by atoms with van der Waals surface area (Å²) < 4.78 is 1.57. The van der Waals surface area contributed by atoms with Gasteiger partial charge in [0.05, 0.1) is 23.9 Å². The predicted molar refractivity (Wildman–Crippen MR) is 224 cm³/mol. The molecule has 0 aliphatic carbocycles. The molecule has 0 bridgehead atoms. The first-order valence-corrected chi connectivity index (χ1v) is 20.2. The van der Waals surface area contributed by atoms with Crippen molar-refractivity contribution in [2.24, 2.45) is 5.41 Å². The predicted octanol–water partition coefficient (Wildman–Crippen LogP) is 7.28. The summed E-state index contributed by atoms with van der Waals surface area (Å²) >= 11 is 0. The second-order valence-corrected chi connectivity index (χ2v) is 15.2. The normalized spacial score (nSPS) is 13.8. The van der Waals surface area contributed by atoms with E-state index in [9.17, 15) is 29.4 Å². The molecule has 302 valence electrons. The zero-order valence-electron chi connectivity index (χ0n) is 33.6. The minimum atomic E-state index is -1.90. The van der Waals surface area contributed by atoms with Gasteiger partial charge in [0, 0.05) is 31.0 Å². The van der Waals surface area contributed by atoms with Gasteiger partial charge in [-0.3, -0.25) is 19.2 Å². The van der Waals surface area contributed by atoms with E-state index < -0.39 is 29.2 Å². The molecule has 1 atom stereocenters. The number of rotatable bonds is 17. The fraction of sp³-hybridized carbons (Fsp3) is 0.340. The first-order chi connectivity index (χ1) is 28.1. The Morgan fingerprint density at radius 2 is 1.40 bits per heavy atom. The molecule has 0 unspecified atom stereocenters. The highest BCUT2D eigenvalue weighted by atomic mass is 16.4. The molecule has 5 aromatic rings. The van der Waals surface area contributed by atoms with E-state index >= 15 is 0 Å². The van der Waals surface area contributed by atoms with Crippen LogP contribution in [0.15, 0.2) is 109 Å². The van der Waals surface area contributed by atoms with Crippen molar-refractivity contribution < 1.29 is 29.4 Å². The van der Waals surface area contributed by atoms with Crippen molar-refractivity contribution in [3.63, 3.8) is 0 Å². The molecular weight excluding hydrogens is 731 g/mol. The number of aliphatic hydroxyl groups is 1. The van der Waals surface area contributed by atoms with Crippen LogP contribution in [0.1, 0.15) is 88.3 Å². The molecule has 0 fully saturated rings. The molecule has 58 heavy (non-hydrogen) atoms. The van der Waals surface area contributed by atoms with E-state index in [0.717, 1.165) is 36.8 Å². The number of benzene rings is 4. The Balaban J connectivity index is 1.42. The highest BCUT2D eigenvalue weighted by molar-refractivity contribution is 6.09. The van der Waals surface area contributed by atoms with Crippen LogP contribution in [0, 0.1) is 12.3 Å². The van der Waals surface area contributed by atoms with Crippen LogP contribution in [-0.2, 0) is 35.4 Å². The SMILES string of the molecule is CCCCN(CCCC)C(=O)c1cc(C)n(-c2ccc(NC(=O)C(Cc3ccccc3)(Cc3ccccc3)C(=O)O)cc2C(=O)N2Cc3ccccc3C[C@H]2CO)n1. The van der Waals surface area contributed by atoms with E-state index in [2.05, 4.69) is 19.2 Å². The van der Waals surface area contributed by atoms with Gasteiger partial charge in [-0.05, 0) is 85.5 Å². The number of anilines is 1. The van der Waals surface area contributed by atoms with Crippen LogP contribution in [0.2, 0.25) is 0 Å². The van der Waals surface area contributed by atoms with Crippen molar-refractivity contribution in [3.05, 3.63) is 148 Å². The van der Waals surface area contributed by atoms with Crippen LogP contribution >= 0.6 is 0 Å². The highest BCUT2D eigenvalue weighted by Gasteiger charge is 2.46. The van der Waals surface area contributed by atoms with Gasteiger partial charge >= 0.3 is 5.97 Å². The Kier molecular flexibility index (Phi) is 13.6. The number of carbonyl (C=O) groups excluding carboxylic acids is 3. The quantitative estimate of drug-likeness (QED) is 0.0841. The molecule has 11 heteroatoms. The smallest absolute Gasteiger partial charge is 0.319 e. The number of amides is 3. The number of hydrogen-bond donors (Lipinski definition) is 3. The summed E-state index contributed by atoms with van der Waals surface area (Å²) in [6.07, 6.45) is 3.93. The summed E-state index contributed by atoms with van der Waals surface area (Å²) in [6.45, 7) is 7.20. The third-order valence-corrected chi connectivity index (χ3v) is 11.0. The minimum absolute atomic E-state index is 0.0735. The maximum atomic E-state index is 14.9. The van der Waals surface area contributed by atoms with Crippen LogP contribution in [0.5, 0.6) is 0 Å². The van der Waals surface area contributed by atoms with Crippen LogP contribution in [0.25, 0.3) is 5.69 Å². The van der Waals surface area contributed by atoms with Crippen LogP contribution < -0.4 is 5.32 Å². The number of aromatic nitrogens is 2. The van der Waals surface area contributed by atoms with Gasteiger partial charge in [-0.25, -0.2) is 4.68 Å². The van der Waals surface area contributed by atoms with Crippen LogP contribution in [0.3, 0.4) is 0 Å².